The predicted molar refractivity (Wildman–Crippen MR) is 69.1 cm³/mol. The number of primary sulfonamides is 1. The van der Waals surface area contributed by atoms with Gasteiger partial charge in [-0.2, -0.15) is 0 Å². The van der Waals surface area contributed by atoms with Crippen molar-refractivity contribution in [2.75, 3.05) is 0 Å². The van der Waals surface area contributed by atoms with Gasteiger partial charge in [0.25, 0.3) is 0 Å². The maximum atomic E-state index is 11.4. The van der Waals surface area contributed by atoms with Crippen LogP contribution in [0.3, 0.4) is 0 Å². The lowest BCUT2D eigenvalue weighted by atomic mass is 10.0. The van der Waals surface area contributed by atoms with Gasteiger partial charge in [0, 0.05) is 4.83 Å². The van der Waals surface area contributed by atoms with Gasteiger partial charge in [0.1, 0.15) is 0 Å². The minimum absolute atomic E-state index is 0.222. The molecule has 90 valence electrons. The average Bonchev–Trinajstić information content (AvgIpc) is 2.16. The van der Waals surface area contributed by atoms with Crippen LogP contribution >= 0.6 is 15.9 Å². The van der Waals surface area contributed by atoms with E-state index in [0.29, 0.717) is 12.3 Å². The second-order valence-corrected chi connectivity index (χ2v) is 6.82. The quantitative estimate of drug-likeness (QED) is 0.868. The highest BCUT2D eigenvalue weighted by atomic mass is 79.9. The number of alkyl halides is 1. The van der Waals surface area contributed by atoms with Crippen LogP contribution in [0, 0.1) is 5.92 Å². The highest BCUT2D eigenvalue weighted by Crippen LogP contribution is 2.22. The van der Waals surface area contributed by atoms with Gasteiger partial charge in [-0.3, -0.25) is 0 Å². The highest BCUT2D eigenvalue weighted by Gasteiger charge is 2.17. The summed E-state index contributed by atoms with van der Waals surface area (Å²) in [6.07, 6.45) is 0.657. The summed E-state index contributed by atoms with van der Waals surface area (Å²) < 4.78 is 22.7. The molecule has 1 aromatic rings. The second kappa shape index (κ2) is 5.29. The molecule has 0 spiro atoms. The Bertz CT molecular complexity index is 457. The molecule has 1 rings (SSSR count). The maximum absolute atomic E-state index is 11.4. The molecule has 0 saturated carbocycles. The van der Waals surface area contributed by atoms with E-state index in [4.69, 9.17) is 5.14 Å². The van der Waals surface area contributed by atoms with Crippen LogP contribution in [-0.2, 0) is 16.4 Å². The van der Waals surface area contributed by atoms with Crippen molar-refractivity contribution in [3.8, 4) is 0 Å². The number of hydrogen-bond donors (Lipinski definition) is 1. The van der Waals surface area contributed by atoms with Crippen LogP contribution in [0.4, 0.5) is 0 Å². The number of nitrogens with two attached hydrogens (primary N) is 1. The van der Waals surface area contributed by atoms with Gasteiger partial charge in [0.2, 0.25) is 10.0 Å². The van der Waals surface area contributed by atoms with Crippen LogP contribution in [0.25, 0.3) is 0 Å². The molecule has 16 heavy (non-hydrogen) atoms. The zero-order chi connectivity index (χ0) is 12.3. The van der Waals surface area contributed by atoms with Gasteiger partial charge in [0.05, 0.1) is 4.90 Å². The highest BCUT2D eigenvalue weighted by molar-refractivity contribution is 9.09. The van der Waals surface area contributed by atoms with Crippen LogP contribution in [0.2, 0.25) is 0 Å². The van der Waals surface area contributed by atoms with Crippen molar-refractivity contribution in [2.45, 2.75) is 30.0 Å². The average molecular weight is 306 g/mol. The molecule has 0 saturated heterocycles. The van der Waals surface area contributed by atoms with Gasteiger partial charge in [-0.15, -0.1) is 0 Å². The Hall–Kier alpha value is -0.390. The first kappa shape index (κ1) is 13.7. The van der Waals surface area contributed by atoms with E-state index in [-0.39, 0.29) is 9.72 Å². The normalized spacial score (nSPS) is 14.1. The molecule has 0 heterocycles. The SMILES string of the molecule is CC(C)C(Br)Cc1ccccc1S(N)(=O)=O. The number of benzene rings is 1. The van der Waals surface area contributed by atoms with E-state index in [1.807, 2.05) is 6.07 Å². The van der Waals surface area contributed by atoms with E-state index < -0.39 is 10.0 Å². The molecule has 0 aliphatic heterocycles. The van der Waals surface area contributed by atoms with Crippen molar-refractivity contribution in [2.24, 2.45) is 11.1 Å². The van der Waals surface area contributed by atoms with Crippen LogP contribution < -0.4 is 5.14 Å². The second-order valence-electron chi connectivity index (χ2n) is 4.12. The third kappa shape index (κ3) is 3.57. The molecular weight excluding hydrogens is 290 g/mol. The van der Waals surface area contributed by atoms with Gasteiger partial charge in [-0.05, 0) is 24.0 Å². The van der Waals surface area contributed by atoms with Crippen LogP contribution in [-0.4, -0.2) is 13.2 Å². The van der Waals surface area contributed by atoms with Gasteiger partial charge in [-0.1, -0.05) is 48.0 Å². The Morgan fingerprint density at radius 3 is 2.38 bits per heavy atom. The summed E-state index contributed by atoms with van der Waals surface area (Å²) in [6, 6.07) is 6.85. The molecule has 0 aromatic heterocycles. The summed E-state index contributed by atoms with van der Waals surface area (Å²) in [4.78, 5) is 0.468. The minimum Gasteiger partial charge on any atom is -0.225 e. The predicted octanol–water partition coefficient (Wildman–Crippen LogP) is 2.30. The fourth-order valence-corrected chi connectivity index (χ4v) is 2.53. The largest absolute Gasteiger partial charge is 0.238 e. The monoisotopic (exact) mass is 305 g/mol. The van der Waals surface area contributed by atoms with Gasteiger partial charge in [-0.25, -0.2) is 13.6 Å². The lowest BCUT2D eigenvalue weighted by Crippen LogP contribution is -2.17. The zero-order valence-electron chi connectivity index (χ0n) is 9.35. The fourth-order valence-electron chi connectivity index (χ4n) is 1.40. The van der Waals surface area contributed by atoms with Crippen molar-refractivity contribution in [3.63, 3.8) is 0 Å². The summed E-state index contributed by atoms with van der Waals surface area (Å²) in [5.74, 6) is 0.438. The van der Waals surface area contributed by atoms with Crippen molar-refractivity contribution in [1.29, 1.82) is 0 Å². The first-order valence-corrected chi connectivity index (χ1v) is 7.53. The Morgan fingerprint density at radius 1 is 1.31 bits per heavy atom. The first-order valence-electron chi connectivity index (χ1n) is 5.07. The standard InChI is InChI=1S/C11H16BrNO2S/c1-8(2)10(12)7-9-5-3-4-6-11(9)16(13,14)15/h3-6,8,10H,7H2,1-2H3,(H2,13,14,15). The van der Waals surface area contributed by atoms with E-state index in [1.165, 1.54) is 0 Å². The molecule has 1 aromatic carbocycles. The van der Waals surface area contributed by atoms with Crippen molar-refractivity contribution >= 4 is 26.0 Å². The van der Waals surface area contributed by atoms with Crippen molar-refractivity contribution in [3.05, 3.63) is 29.8 Å². The summed E-state index contributed by atoms with van der Waals surface area (Å²) >= 11 is 3.54. The number of rotatable bonds is 4. The molecule has 0 amide bonds. The number of halogens is 1. The molecule has 0 aliphatic carbocycles. The molecule has 0 bridgehead atoms. The Labute approximate surface area is 105 Å². The number of hydrogen-bond acceptors (Lipinski definition) is 2. The molecule has 1 atom stereocenters. The molecule has 5 heteroatoms. The summed E-state index contributed by atoms with van der Waals surface area (Å²) in [5.41, 5.74) is 0.764. The Balaban J connectivity index is 3.06. The molecule has 0 fully saturated rings. The van der Waals surface area contributed by atoms with E-state index in [9.17, 15) is 8.42 Å². The fraction of sp³-hybridized carbons (Fsp3) is 0.455. The number of sulfonamides is 1. The van der Waals surface area contributed by atoms with E-state index in [1.54, 1.807) is 18.2 Å². The van der Waals surface area contributed by atoms with E-state index in [2.05, 4.69) is 29.8 Å². The Morgan fingerprint density at radius 2 is 1.88 bits per heavy atom. The summed E-state index contributed by atoms with van der Waals surface area (Å²) in [7, 11) is -3.63. The third-order valence-corrected chi connectivity index (χ3v) is 4.81. The third-order valence-electron chi connectivity index (χ3n) is 2.42. The molecular formula is C11H16BrNO2S. The van der Waals surface area contributed by atoms with Gasteiger partial charge < -0.3 is 0 Å². The molecule has 1 unspecified atom stereocenters. The van der Waals surface area contributed by atoms with Crippen molar-refractivity contribution < 1.29 is 8.42 Å². The van der Waals surface area contributed by atoms with Crippen LogP contribution in [0.5, 0.6) is 0 Å². The van der Waals surface area contributed by atoms with E-state index >= 15 is 0 Å². The first-order chi connectivity index (χ1) is 7.32. The van der Waals surface area contributed by atoms with E-state index in [0.717, 1.165) is 5.56 Å². The smallest absolute Gasteiger partial charge is 0.225 e. The molecule has 0 aliphatic rings. The van der Waals surface area contributed by atoms with Crippen LogP contribution in [0.15, 0.2) is 29.2 Å². The summed E-state index contributed by atoms with van der Waals surface area (Å²) in [6.45, 7) is 4.16. The lowest BCUT2D eigenvalue weighted by Gasteiger charge is -2.15. The molecule has 2 N–H and O–H groups in total. The van der Waals surface area contributed by atoms with Gasteiger partial charge in [0.15, 0.2) is 0 Å². The van der Waals surface area contributed by atoms with Crippen LogP contribution in [0.1, 0.15) is 19.4 Å². The molecule has 0 radical (unpaired) electrons. The minimum atomic E-state index is -3.63. The summed E-state index contributed by atoms with van der Waals surface area (Å²) in [5, 5.41) is 5.17. The van der Waals surface area contributed by atoms with Gasteiger partial charge >= 0.3 is 0 Å². The lowest BCUT2D eigenvalue weighted by molar-refractivity contribution is 0.590. The molecule has 3 nitrogen and oxygen atoms in total. The zero-order valence-corrected chi connectivity index (χ0v) is 11.8. The van der Waals surface area contributed by atoms with Crippen molar-refractivity contribution in [1.82, 2.24) is 0 Å². The topological polar surface area (TPSA) is 60.2 Å². The Kier molecular flexibility index (Phi) is 4.52. The maximum Gasteiger partial charge on any atom is 0.238 e.